The lowest BCUT2D eigenvalue weighted by molar-refractivity contribution is 0.504. The minimum Gasteiger partial charge on any atom is -0.327 e. The first-order chi connectivity index (χ1) is 5.89. The predicted molar refractivity (Wildman–Crippen MR) is 53.2 cm³/mol. The Labute approximate surface area is 75.9 Å². The van der Waals surface area contributed by atoms with E-state index in [0.717, 1.165) is 19.5 Å². The number of hydrogen-bond donors (Lipinski definition) is 2. The lowest BCUT2D eigenvalue weighted by Crippen LogP contribution is -2.21. The molecule has 2 fully saturated rings. The Bertz CT molecular complexity index is 82.5. The Hall–Kier alpha value is -0.0800. The molecule has 0 amide bonds. The molecule has 0 aromatic carbocycles. The van der Waals surface area contributed by atoms with Crippen LogP contribution in [0.1, 0.15) is 44.9 Å². The maximum Gasteiger partial charge on any atom is 0.0177 e. The van der Waals surface area contributed by atoms with E-state index in [-0.39, 0.29) is 0 Å². The summed E-state index contributed by atoms with van der Waals surface area (Å²) in [6, 6.07) is 0.435. The lowest BCUT2D eigenvalue weighted by Gasteiger charge is -2.05. The molecule has 1 unspecified atom stereocenters. The van der Waals surface area contributed by atoms with Crippen molar-refractivity contribution in [2.75, 3.05) is 13.1 Å². The van der Waals surface area contributed by atoms with Gasteiger partial charge in [-0.15, -0.1) is 0 Å². The van der Waals surface area contributed by atoms with Gasteiger partial charge in [-0.3, -0.25) is 0 Å². The van der Waals surface area contributed by atoms with Gasteiger partial charge in [0.2, 0.25) is 0 Å². The molecule has 0 aromatic rings. The van der Waals surface area contributed by atoms with E-state index in [9.17, 15) is 0 Å². The third-order valence-corrected chi connectivity index (χ3v) is 2.60. The van der Waals surface area contributed by atoms with Crippen molar-refractivity contribution in [1.29, 1.82) is 0 Å². The molecular formula is C10H22N2. The van der Waals surface area contributed by atoms with E-state index in [1.54, 1.807) is 0 Å². The number of hydrogen-bond acceptors (Lipinski definition) is 2. The van der Waals surface area contributed by atoms with E-state index in [1.165, 1.54) is 38.5 Å². The summed E-state index contributed by atoms with van der Waals surface area (Å²) >= 11 is 0. The molecule has 1 saturated carbocycles. The van der Waals surface area contributed by atoms with E-state index in [1.807, 2.05) is 0 Å². The summed E-state index contributed by atoms with van der Waals surface area (Å²) in [5, 5.41) is 3.15. The van der Waals surface area contributed by atoms with Crippen LogP contribution in [0.5, 0.6) is 0 Å². The average Bonchev–Trinajstić information content (AvgIpc) is 2.60. The van der Waals surface area contributed by atoms with E-state index in [2.05, 4.69) is 5.32 Å². The number of rotatable bonds is 0. The first kappa shape index (κ1) is 10.0. The van der Waals surface area contributed by atoms with Gasteiger partial charge in [0.05, 0.1) is 0 Å². The molecule has 0 radical (unpaired) electrons. The largest absolute Gasteiger partial charge is 0.327 e. The topological polar surface area (TPSA) is 38.0 Å². The van der Waals surface area contributed by atoms with Gasteiger partial charge in [0.15, 0.2) is 0 Å². The second-order valence-corrected chi connectivity index (χ2v) is 3.87. The van der Waals surface area contributed by atoms with Crippen molar-refractivity contribution in [1.82, 2.24) is 5.32 Å². The zero-order valence-corrected chi connectivity index (χ0v) is 8.02. The fraction of sp³-hybridized carbons (Fsp3) is 1.00. The molecule has 2 heteroatoms. The summed E-state index contributed by atoms with van der Waals surface area (Å²) in [5.74, 6) is 0. The van der Waals surface area contributed by atoms with E-state index < -0.39 is 0 Å². The highest BCUT2D eigenvalue weighted by atomic mass is 14.9. The molecule has 1 aliphatic carbocycles. The summed E-state index contributed by atoms with van der Waals surface area (Å²) in [5.41, 5.74) is 5.47. The van der Waals surface area contributed by atoms with Gasteiger partial charge in [-0.2, -0.15) is 0 Å². The normalized spacial score (nSPS) is 29.2. The van der Waals surface area contributed by atoms with Crippen molar-refractivity contribution in [2.45, 2.75) is 51.0 Å². The molecule has 2 nitrogen and oxygen atoms in total. The Morgan fingerprint density at radius 2 is 1.42 bits per heavy atom. The van der Waals surface area contributed by atoms with Crippen molar-refractivity contribution in [2.24, 2.45) is 5.73 Å². The van der Waals surface area contributed by atoms with Crippen molar-refractivity contribution in [3.05, 3.63) is 0 Å². The minimum absolute atomic E-state index is 0.435. The molecule has 2 aliphatic rings. The molecule has 3 N–H and O–H groups in total. The highest BCUT2D eigenvalue weighted by Crippen LogP contribution is 2.15. The molecule has 0 spiro atoms. The van der Waals surface area contributed by atoms with Gasteiger partial charge in [0, 0.05) is 12.6 Å². The third kappa shape index (κ3) is 4.73. The van der Waals surface area contributed by atoms with Crippen LogP contribution in [0.3, 0.4) is 0 Å². The van der Waals surface area contributed by atoms with Crippen LogP contribution in [-0.4, -0.2) is 19.1 Å². The van der Waals surface area contributed by atoms with Gasteiger partial charge in [-0.25, -0.2) is 0 Å². The average molecular weight is 170 g/mol. The zero-order valence-electron chi connectivity index (χ0n) is 8.02. The van der Waals surface area contributed by atoms with Crippen molar-refractivity contribution in [3.63, 3.8) is 0 Å². The lowest BCUT2D eigenvalue weighted by atomic mass is 10.0. The highest BCUT2D eigenvalue weighted by Gasteiger charge is 2.06. The molecule has 1 saturated heterocycles. The van der Waals surface area contributed by atoms with E-state index in [4.69, 9.17) is 5.73 Å². The zero-order chi connectivity index (χ0) is 8.65. The Morgan fingerprint density at radius 3 is 1.58 bits per heavy atom. The Morgan fingerprint density at radius 1 is 0.917 bits per heavy atom. The molecule has 12 heavy (non-hydrogen) atoms. The first-order valence-electron chi connectivity index (χ1n) is 5.36. The molecule has 72 valence electrons. The Balaban J connectivity index is 0.000000120. The quantitative estimate of drug-likeness (QED) is 0.580. The van der Waals surface area contributed by atoms with E-state index in [0.29, 0.717) is 6.04 Å². The van der Waals surface area contributed by atoms with Crippen LogP contribution in [0.2, 0.25) is 0 Å². The monoisotopic (exact) mass is 170 g/mol. The summed E-state index contributed by atoms with van der Waals surface area (Å²) in [6.45, 7) is 2.13. The molecule has 2 rings (SSSR count). The second-order valence-electron chi connectivity index (χ2n) is 3.87. The minimum atomic E-state index is 0.435. The van der Waals surface area contributed by atoms with Gasteiger partial charge in [-0.1, -0.05) is 38.5 Å². The van der Waals surface area contributed by atoms with Crippen LogP contribution in [-0.2, 0) is 0 Å². The second kappa shape index (κ2) is 6.44. The van der Waals surface area contributed by atoms with Gasteiger partial charge in [0.1, 0.15) is 0 Å². The van der Waals surface area contributed by atoms with Crippen molar-refractivity contribution < 1.29 is 0 Å². The molecule has 0 bridgehead atoms. The summed E-state index contributed by atoms with van der Waals surface area (Å²) < 4.78 is 0. The Kier molecular flexibility index (Phi) is 5.37. The van der Waals surface area contributed by atoms with Crippen LogP contribution in [0.15, 0.2) is 0 Å². The van der Waals surface area contributed by atoms with Gasteiger partial charge >= 0.3 is 0 Å². The SMILES string of the molecule is C1CCCCC1.NC1CCNC1. The summed E-state index contributed by atoms with van der Waals surface area (Å²) in [4.78, 5) is 0. The summed E-state index contributed by atoms with van der Waals surface area (Å²) in [7, 11) is 0. The molecule has 1 aliphatic heterocycles. The highest BCUT2D eigenvalue weighted by molar-refractivity contribution is 4.72. The predicted octanol–water partition coefficient (Wildman–Crippen LogP) is 1.65. The van der Waals surface area contributed by atoms with Crippen LogP contribution >= 0.6 is 0 Å². The van der Waals surface area contributed by atoms with Gasteiger partial charge in [0.25, 0.3) is 0 Å². The molecule has 1 atom stereocenters. The molecular weight excluding hydrogens is 148 g/mol. The third-order valence-electron chi connectivity index (χ3n) is 2.60. The maximum absolute atomic E-state index is 5.47. The van der Waals surface area contributed by atoms with Crippen LogP contribution in [0.25, 0.3) is 0 Å². The summed E-state index contributed by atoms with van der Waals surface area (Å²) in [6.07, 6.45) is 10.2. The van der Waals surface area contributed by atoms with Crippen LogP contribution in [0, 0.1) is 0 Å². The molecule has 1 heterocycles. The van der Waals surface area contributed by atoms with Crippen molar-refractivity contribution in [3.8, 4) is 0 Å². The maximum atomic E-state index is 5.47. The smallest absolute Gasteiger partial charge is 0.0177 e. The van der Waals surface area contributed by atoms with Crippen molar-refractivity contribution >= 4 is 0 Å². The van der Waals surface area contributed by atoms with Gasteiger partial charge in [-0.05, 0) is 13.0 Å². The molecule has 0 aromatic heterocycles. The van der Waals surface area contributed by atoms with Crippen LogP contribution in [0.4, 0.5) is 0 Å². The first-order valence-corrected chi connectivity index (χ1v) is 5.36. The number of nitrogens with one attached hydrogen (secondary N) is 1. The van der Waals surface area contributed by atoms with E-state index >= 15 is 0 Å². The number of nitrogens with two attached hydrogens (primary N) is 1. The standard InChI is InChI=1S/C6H12.C4H10N2/c1-2-4-6-5-3-1;5-4-1-2-6-3-4/h1-6H2;4,6H,1-3,5H2. The van der Waals surface area contributed by atoms with Gasteiger partial charge < -0.3 is 11.1 Å². The fourth-order valence-electron chi connectivity index (χ4n) is 1.74. The van der Waals surface area contributed by atoms with Crippen LogP contribution < -0.4 is 11.1 Å². The fourth-order valence-corrected chi connectivity index (χ4v) is 1.74.